The molecule has 1 aromatic rings. The van der Waals surface area contributed by atoms with Crippen molar-refractivity contribution in [2.24, 2.45) is 0 Å². The molecule has 0 fully saturated rings. The lowest BCUT2D eigenvalue weighted by atomic mass is 9.93. The molecule has 0 spiro atoms. The Morgan fingerprint density at radius 3 is 2.46 bits per heavy atom. The molecular weight excluding hydrogens is 365 g/mol. The van der Waals surface area contributed by atoms with Crippen molar-refractivity contribution >= 4 is 46.4 Å². The van der Waals surface area contributed by atoms with E-state index in [0.29, 0.717) is 20.7 Å². The van der Waals surface area contributed by atoms with E-state index >= 15 is 0 Å². The maximum absolute atomic E-state index is 12.9. The summed E-state index contributed by atoms with van der Waals surface area (Å²) in [6, 6.07) is 4.94. The predicted octanol–water partition coefficient (Wildman–Crippen LogP) is 4.04. The number of thiocarbonyl (C=S) groups is 1. The van der Waals surface area contributed by atoms with Gasteiger partial charge in [-0.25, -0.2) is 0 Å². The van der Waals surface area contributed by atoms with Crippen molar-refractivity contribution in [2.45, 2.75) is 39.3 Å². The Hall–Kier alpha value is -1.30. The Balaban J connectivity index is 2.52. The normalized spacial score (nSPS) is 18.5. The molecule has 0 saturated carbocycles. The van der Waals surface area contributed by atoms with Crippen LogP contribution in [0.4, 0.5) is 0 Å². The Bertz CT molecular complexity index is 725. The van der Waals surface area contributed by atoms with Gasteiger partial charge in [-0.1, -0.05) is 29.3 Å². The van der Waals surface area contributed by atoms with Crippen LogP contribution in [-0.2, 0) is 4.79 Å². The molecule has 0 radical (unpaired) electrons. The van der Waals surface area contributed by atoms with Gasteiger partial charge in [0.05, 0.1) is 21.7 Å². The highest BCUT2D eigenvalue weighted by Gasteiger charge is 2.33. The average molecular weight is 386 g/mol. The molecule has 0 bridgehead atoms. The second kappa shape index (κ2) is 6.90. The van der Waals surface area contributed by atoms with Gasteiger partial charge in [-0.3, -0.25) is 4.79 Å². The van der Waals surface area contributed by atoms with Gasteiger partial charge in [0, 0.05) is 18.3 Å². The molecule has 24 heavy (non-hydrogen) atoms. The number of halogens is 2. The van der Waals surface area contributed by atoms with Crippen LogP contribution in [0.25, 0.3) is 0 Å². The Labute approximate surface area is 158 Å². The summed E-state index contributed by atoms with van der Waals surface area (Å²) in [5, 5.41) is 7.69. The topological polar surface area (TPSA) is 44.4 Å². The fourth-order valence-corrected chi connectivity index (χ4v) is 3.04. The highest BCUT2D eigenvalue weighted by Crippen LogP contribution is 2.33. The molecule has 0 aliphatic carbocycles. The van der Waals surface area contributed by atoms with Crippen LogP contribution < -0.4 is 10.6 Å². The van der Waals surface area contributed by atoms with Gasteiger partial charge in [0.25, 0.3) is 5.91 Å². The molecule has 0 unspecified atom stereocenters. The molecule has 130 valence electrons. The Morgan fingerprint density at radius 1 is 1.29 bits per heavy atom. The number of rotatable bonds is 2. The van der Waals surface area contributed by atoms with Gasteiger partial charge in [-0.05, 0) is 57.6 Å². The van der Waals surface area contributed by atoms with Crippen LogP contribution in [0, 0.1) is 0 Å². The van der Waals surface area contributed by atoms with E-state index in [9.17, 15) is 4.79 Å². The number of nitrogens with zero attached hydrogens (tertiary/aromatic N) is 1. The van der Waals surface area contributed by atoms with Crippen LogP contribution in [0.15, 0.2) is 29.5 Å². The van der Waals surface area contributed by atoms with Gasteiger partial charge in [-0.15, -0.1) is 0 Å². The summed E-state index contributed by atoms with van der Waals surface area (Å²) < 4.78 is 0. The predicted molar refractivity (Wildman–Crippen MR) is 103 cm³/mol. The second-order valence-electron chi connectivity index (χ2n) is 6.82. The third kappa shape index (κ3) is 4.02. The van der Waals surface area contributed by atoms with E-state index in [0.717, 1.165) is 11.3 Å². The minimum Gasteiger partial charge on any atom is -0.351 e. The summed E-state index contributed by atoms with van der Waals surface area (Å²) in [6.07, 6.45) is 0. The molecule has 7 heteroatoms. The summed E-state index contributed by atoms with van der Waals surface area (Å²) >= 11 is 17.5. The summed E-state index contributed by atoms with van der Waals surface area (Å²) in [6.45, 7) is 7.72. The number of hydrogen-bond acceptors (Lipinski definition) is 2. The van der Waals surface area contributed by atoms with Crippen molar-refractivity contribution < 1.29 is 4.79 Å². The maximum Gasteiger partial charge on any atom is 0.251 e. The highest BCUT2D eigenvalue weighted by atomic mass is 35.5. The van der Waals surface area contributed by atoms with Crippen LogP contribution in [0.2, 0.25) is 10.0 Å². The molecule has 1 aromatic carbocycles. The molecule has 1 atom stereocenters. The van der Waals surface area contributed by atoms with Gasteiger partial charge in [0.1, 0.15) is 0 Å². The molecule has 1 aliphatic heterocycles. The van der Waals surface area contributed by atoms with Gasteiger partial charge in [0.2, 0.25) is 0 Å². The van der Waals surface area contributed by atoms with Gasteiger partial charge < -0.3 is 15.5 Å². The standard InChI is InChI=1S/C17H21Cl2N3OS/c1-9-13(15(23)21-17(2,3)4)14(20-16(24)22(9)5)10-6-7-11(18)12(19)8-10/h6-8,14H,1-5H3,(H,20,24)(H,21,23)/t14-/m1/s1. The van der Waals surface area contributed by atoms with Crippen molar-refractivity contribution in [1.82, 2.24) is 15.5 Å². The van der Waals surface area contributed by atoms with Crippen LogP contribution in [0.1, 0.15) is 39.3 Å². The van der Waals surface area contributed by atoms with Crippen LogP contribution >= 0.6 is 35.4 Å². The van der Waals surface area contributed by atoms with E-state index in [2.05, 4.69) is 10.6 Å². The Kier molecular flexibility index (Phi) is 5.47. The van der Waals surface area contributed by atoms with Crippen LogP contribution in [0.3, 0.4) is 0 Å². The van der Waals surface area contributed by atoms with Crippen molar-refractivity contribution in [3.8, 4) is 0 Å². The zero-order valence-corrected chi connectivity index (χ0v) is 16.7. The average Bonchev–Trinajstić information content (AvgIpc) is 2.45. The summed E-state index contributed by atoms with van der Waals surface area (Å²) in [4.78, 5) is 14.7. The fraction of sp³-hybridized carbons (Fsp3) is 0.412. The van der Waals surface area contributed by atoms with Crippen LogP contribution in [0.5, 0.6) is 0 Å². The van der Waals surface area contributed by atoms with E-state index < -0.39 is 0 Å². The SMILES string of the molecule is CC1=C(C(=O)NC(C)(C)C)[C@@H](c2ccc(Cl)c(Cl)c2)NC(=S)N1C. The number of nitrogens with one attached hydrogen (secondary N) is 2. The van der Waals surface area contributed by atoms with E-state index in [-0.39, 0.29) is 17.5 Å². The lowest BCUT2D eigenvalue weighted by Crippen LogP contribution is -2.50. The fourth-order valence-electron chi connectivity index (χ4n) is 2.48. The highest BCUT2D eigenvalue weighted by molar-refractivity contribution is 7.80. The number of hydrogen-bond donors (Lipinski definition) is 2. The first kappa shape index (κ1) is 19.0. The van der Waals surface area contributed by atoms with Crippen LogP contribution in [-0.4, -0.2) is 28.5 Å². The van der Waals surface area contributed by atoms with Gasteiger partial charge in [0.15, 0.2) is 5.11 Å². The molecule has 4 nitrogen and oxygen atoms in total. The zero-order valence-electron chi connectivity index (χ0n) is 14.3. The second-order valence-corrected chi connectivity index (χ2v) is 8.02. The molecule has 0 saturated heterocycles. The summed E-state index contributed by atoms with van der Waals surface area (Å²) in [7, 11) is 1.83. The van der Waals surface area contributed by atoms with Crippen molar-refractivity contribution in [3.05, 3.63) is 45.1 Å². The number of carbonyl (C=O) groups excluding carboxylic acids is 1. The zero-order chi connectivity index (χ0) is 18.2. The molecule has 2 rings (SSSR count). The van der Waals surface area contributed by atoms with Gasteiger partial charge in [-0.2, -0.15) is 0 Å². The smallest absolute Gasteiger partial charge is 0.251 e. The largest absolute Gasteiger partial charge is 0.351 e. The quantitative estimate of drug-likeness (QED) is 0.753. The minimum atomic E-state index is -0.384. The lowest BCUT2D eigenvalue weighted by molar-refractivity contribution is -0.119. The first-order valence-corrected chi connectivity index (χ1v) is 8.70. The van der Waals surface area contributed by atoms with Crippen molar-refractivity contribution in [2.75, 3.05) is 7.05 Å². The maximum atomic E-state index is 12.9. The monoisotopic (exact) mass is 385 g/mol. The van der Waals surface area contributed by atoms with E-state index in [4.69, 9.17) is 35.4 Å². The molecule has 0 aromatic heterocycles. The van der Waals surface area contributed by atoms with E-state index in [1.54, 1.807) is 17.0 Å². The Morgan fingerprint density at radius 2 is 1.92 bits per heavy atom. The third-order valence-electron chi connectivity index (χ3n) is 3.76. The lowest BCUT2D eigenvalue weighted by Gasteiger charge is -2.37. The summed E-state index contributed by atoms with van der Waals surface area (Å²) in [5.74, 6) is -0.141. The molecule has 1 aliphatic rings. The minimum absolute atomic E-state index is 0.141. The number of allylic oxidation sites excluding steroid dienone is 1. The number of amides is 1. The van der Waals surface area contributed by atoms with Crippen molar-refractivity contribution in [1.29, 1.82) is 0 Å². The first-order valence-electron chi connectivity index (χ1n) is 7.53. The number of carbonyl (C=O) groups is 1. The summed E-state index contributed by atoms with van der Waals surface area (Å²) in [5.41, 5.74) is 1.90. The van der Waals surface area contributed by atoms with Crippen molar-refractivity contribution in [3.63, 3.8) is 0 Å². The van der Waals surface area contributed by atoms with Gasteiger partial charge >= 0.3 is 0 Å². The molecule has 2 N–H and O–H groups in total. The van der Waals surface area contributed by atoms with E-state index in [1.807, 2.05) is 40.8 Å². The molecular formula is C17H21Cl2N3OS. The third-order valence-corrected chi connectivity index (χ3v) is 4.89. The molecule has 1 amide bonds. The number of benzene rings is 1. The molecule has 1 heterocycles. The first-order chi connectivity index (χ1) is 11.0. The van der Waals surface area contributed by atoms with E-state index in [1.165, 1.54) is 0 Å².